The number of anilines is 2. The summed E-state index contributed by atoms with van der Waals surface area (Å²) in [6.45, 7) is 10.5. The lowest BCUT2D eigenvalue weighted by Crippen LogP contribution is -2.18. The van der Waals surface area contributed by atoms with Gasteiger partial charge in [0.05, 0.1) is 0 Å². The lowest BCUT2D eigenvalue weighted by atomic mass is 10.1. The lowest BCUT2D eigenvalue weighted by Gasteiger charge is -2.13. The van der Waals surface area contributed by atoms with Crippen LogP contribution in [0.5, 0.6) is 0 Å². The maximum Gasteiger partial charge on any atom is 0.131 e. The van der Waals surface area contributed by atoms with E-state index in [9.17, 15) is 0 Å². The fourth-order valence-corrected chi connectivity index (χ4v) is 2.20. The number of hydrogen-bond acceptors (Lipinski definition) is 5. The SMILES string of the molecule is Cc1nc(NCC(C)C)cc(NCC2CCNC2)n1. The van der Waals surface area contributed by atoms with Gasteiger partial charge in [-0.15, -0.1) is 0 Å². The molecule has 1 aromatic rings. The monoisotopic (exact) mass is 263 g/mol. The van der Waals surface area contributed by atoms with E-state index in [0.29, 0.717) is 11.8 Å². The van der Waals surface area contributed by atoms with Crippen LogP contribution in [0.4, 0.5) is 11.6 Å². The molecule has 1 atom stereocenters. The molecule has 0 amide bonds. The van der Waals surface area contributed by atoms with Crippen LogP contribution in [-0.4, -0.2) is 36.1 Å². The average molecular weight is 263 g/mol. The highest BCUT2D eigenvalue weighted by atomic mass is 15.1. The summed E-state index contributed by atoms with van der Waals surface area (Å²) in [5.41, 5.74) is 0. The standard InChI is InChI=1S/C14H25N5/c1-10(2)7-16-13-6-14(19-11(3)18-13)17-9-12-4-5-15-8-12/h6,10,12,15H,4-5,7-9H2,1-3H3,(H2,16,17,18,19). The fourth-order valence-electron chi connectivity index (χ4n) is 2.20. The van der Waals surface area contributed by atoms with Gasteiger partial charge in [0.1, 0.15) is 17.5 Å². The molecule has 0 bridgehead atoms. The van der Waals surface area contributed by atoms with Crippen LogP contribution in [-0.2, 0) is 0 Å². The van der Waals surface area contributed by atoms with Gasteiger partial charge in [0.15, 0.2) is 0 Å². The minimum atomic E-state index is 0.608. The van der Waals surface area contributed by atoms with Crippen molar-refractivity contribution >= 4 is 11.6 Å². The van der Waals surface area contributed by atoms with Crippen molar-refractivity contribution in [2.24, 2.45) is 11.8 Å². The van der Waals surface area contributed by atoms with Crippen molar-refractivity contribution in [3.8, 4) is 0 Å². The number of nitrogens with one attached hydrogen (secondary N) is 3. The predicted molar refractivity (Wildman–Crippen MR) is 79.6 cm³/mol. The molecule has 2 heterocycles. The molecule has 3 N–H and O–H groups in total. The third-order valence-corrected chi connectivity index (χ3v) is 3.26. The summed E-state index contributed by atoms with van der Waals surface area (Å²) < 4.78 is 0. The normalized spacial score (nSPS) is 18.8. The van der Waals surface area contributed by atoms with Crippen molar-refractivity contribution in [1.82, 2.24) is 15.3 Å². The highest BCUT2D eigenvalue weighted by Gasteiger charge is 2.14. The molecule has 5 nitrogen and oxygen atoms in total. The van der Waals surface area contributed by atoms with E-state index in [0.717, 1.165) is 43.6 Å². The summed E-state index contributed by atoms with van der Waals surface area (Å²) >= 11 is 0. The Kier molecular flexibility index (Phi) is 4.96. The van der Waals surface area contributed by atoms with Gasteiger partial charge in [0.2, 0.25) is 0 Å². The first-order chi connectivity index (χ1) is 9.13. The van der Waals surface area contributed by atoms with Gasteiger partial charge >= 0.3 is 0 Å². The molecule has 2 rings (SSSR count). The summed E-state index contributed by atoms with van der Waals surface area (Å²) in [5.74, 6) is 3.96. The third kappa shape index (κ3) is 4.67. The molecule has 0 spiro atoms. The van der Waals surface area contributed by atoms with Crippen LogP contribution in [0.15, 0.2) is 6.07 Å². The minimum absolute atomic E-state index is 0.608. The van der Waals surface area contributed by atoms with Crippen LogP contribution in [0.3, 0.4) is 0 Å². The predicted octanol–water partition coefficient (Wildman–Crippen LogP) is 1.87. The van der Waals surface area contributed by atoms with E-state index in [1.165, 1.54) is 6.42 Å². The molecule has 1 saturated heterocycles. The molecule has 0 saturated carbocycles. The Labute approximate surface area is 115 Å². The van der Waals surface area contributed by atoms with Gasteiger partial charge in [-0.25, -0.2) is 9.97 Å². The zero-order valence-corrected chi connectivity index (χ0v) is 12.2. The van der Waals surface area contributed by atoms with Crippen LogP contribution >= 0.6 is 0 Å². The second-order valence-corrected chi connectivity index (χ2v) is 5.70. The highest BCUT2D eigenvalue weighted by Crippen LogP contribution is 2.14. The second kappa shape index (κ2) is 6.70. The van der Waals surface area contributed by atoms with Gasteiger partial charge in [-0.05, 0) is 38.3 Å². The van der Waals surface area contributed by atoms with Gasteiger partial charge in [-0.2, -0.15) is 0 Å². The second-order valence-electron chi connectivity index (χ2n) is 5.70. The minimum Gasteiger partial charge on any atom is -0.370 e. The molecule has 1 aliphatic heterocycles. The van der Waals surface area contributed by atoms with Gasteiger partial charge in [0.25, 0.3) is 0 Å². The molecular formula is C14H25N5. The molecule has 1 fully saturated rings. The smallest absolute Gasteiger partial charge is 0.131 e. The Bertz CT molecular complexity index is 399. The number of aryl methyl sites for hydroxylation is 1. The van der Waals surface area contributed by atoms with Crippen LogP contribution in [0, 0.1) is 18.8 Å². The molecule has 0 aromatic carbocycles. The first-order valence-electron chi connectivity index (χ1n) is 7.17. The van der Waals surface area contributed by atoms with E-state index < -0.39 is 0 Å². The van der Waals surface area contributed by atoms with Gasteiger partial charge in [-0.1, -0.05) is 13.8 Å². The molecule has 1 unspecified atom stereocenters. The summed E-state index contributed by atoms with van der Waals surface area (Å²) in [7, 11) is 0. The summed E-state index contributed by atoms with van der Waals surface area (Å²) in [6, 6.07) is 2.00. The van der Waals surface area contributed by atoms with Crippen LogP contribution in [0.1, 0.15) is 26.1 Å². The van der Waals surface area contributed by atoms with Crippen molar-refractivity contribution in [3.05, 3.63) is 11.9 Å². The van der Waals surface area contributed by atoms with E-state index >= 15 is 0 Å². The molecule has 5 heteroatoms. The zero-order chi connectivity index (χ0) is 13.7. The molecule has 106 valence electrons. The van der Waals surface area contributed by atoms with E-state index in [1.807, 2.05) is 13.0 Å². The Morgan fingerprint density at radius 1 is 1.32 bits per heavy atom. The Balaban J connectivity index is 1.91. The number of hydrogen-bond donors (Lipinski definition) is 3. The van der Waals surface area contributed by atoms with E-state index in [-0.39, 0.29) is 0 Å². The maximum atomic E-state index is 4.44. The van der Waals surface area contributed by atoms with Crippen molar-refractivity contribution in [3.63, 3.8) is 0 Å². The maximum absolute atomic E-state index is 4.44. The molecule has 0 radical (unpaired) electrons. The van der Waals surface area contributed by atoms with E-state index in [1.54, 1.807) is 0 Å². The highest BCUT2D eigenvalue weighted by molar-refractivity contribution is 5.47. The molecule has 19 heavy (non-hydrogen) atoms. The largest absolute Gasteiger partial charge is 0.370 e. The Hall–Kier alpha value is -1.36. The molecule has 1 aliphatic rings. The molecule has 1 aromatic heterocycles. The first kappa shape index (κ1) is 14.1. The third-order valence-electron chi connectivity index (χ3n) is 3.26. The topological polar surface area (TPSA) is 61.9 Å². The first-order valence-corrected chi connectivity index (χ1v) is 7.17. The zero-order valence-electron chi connectivity index (χ0n) is 12.2. The lowest BCUT2D eigenvalue weighted by molar-refractivity contribution is 0.614. The fraction of sp³-hybridized carbons (Fsp3) is 0.714. The van der Waals surface area contributed by atoms with E-state index in [2.05, 4.69) is 39.8 Å². The molecular weight excluding hydrogens is 238 g/mol. The van der Waals surface area contributed by atoms with Crippen molar-refractivity contribution in [2.75, 3.05) is 36.8 Å². The molecule has 0 aliphatic carbocycles. The Morgan fingerprint density at radius 2 is 2.05 bits per heavy atom. The summed E-state index contributed by atoms with van der Waals surface area (Å²) in [6.07, 6.45) is 1.25. The number of aromatic nitrogens is 2. The van der Waals surface area contributed by atoms with Gasteiger partial charge in [-0.3, -0.25) is 0 Å². The van der Waals surface area contributed by atoms with Crippen LogP contribution < -0.4 is 16.0 Å². The average Bonchev–Trinajstić information content (AvgIpc) is 2.86. The summed E-state index contributed by atoms with van der Waals surface area (Å²) in [4.78, 5) is 8.85. The van der Waals surface area contributed by atoms with Crippen molar-refractivity contribution < 1.29 is 0 Å². The van der Waals surface area contributed by atoms with Crippen LogP contribution in [0.2, 0.25) is 0 Å². The van der Waals surface area contributed by atoms with Crippen LogP contribution in [0.25, 0.3) is 0 Å². The van der Waals surface area contributed by atoms with Crippen molar-refractivity contribution in [2.45, 2.75) is 27.2 Å². The number of rotatable bonds is 6. The Morgan fingerprint density at radius 3 is 2.68 bits per heavy atom. The van der Waals surface area contributed by atoms with Gasteiger partial charge < -0.3 is 16.0 Å². The summed E-state index contributed by atoms with van der Waals surface area (Å²) in [5, 5.41) is 10.2. The quantitative estimate of drug-likeness (QED) is 0.731. The van der Waals surface area contributed by atoms with Crippen molar-refractivity contribution in [1.29, 1.82) is 0 Å². The van der Waals surface area contributed by atoms with E-state index in [4.69, 9.17) is 0 Å². The van der Waals surface area contributed by atoms with Gasteiger partial charge in [0, 0.05) is 19.2 Å². The number of nitrogens with zero attached hydrogens (tertiary/aromatic N) is 2.